The Bertz CT molecular complexity index is 346. The number of nitrogens with zero attached hydrogens (tertiary/aromatic N) is 1. The summed E-state index contributed by atoms with van der Waals surface area (Å²) in [7, 11) is 0. The van der Waals surface area contributed by atoms with Crippen molar-refractivity contribution < 1.29 is 4.39 Å². The molecule has 1 aromatic carbocycles. The summed E-state index contributed by atoms with van der Waals surface area (Å²) in [4.78, 5) is 0. The maximum atomic E-state index is 13.0. The molecule has 0 amide bonds. The number of halogens is 3. The molecule has 0 N–H and O–H groups in total. The molecule has 0 radical (unpaired) electrons. The van der Waals surface area contributed by atoms with E-state index in [0.29, 0.717) is 5.56 Å². The molecule has 0 atom stereocenters. The Morgan fingerprint density at radius 3 is 2.83 bits per heavy atom. The lowest BCUT2D eigenvalue weighted by atomic mass is 10.2. The third kappa shape index (κ3) is 1.77. The van der Waals surface area contributed by atoms with E-state index >= 15 is 0 Å². The Hall–Kier alpha value is -0.590. The first-order chi connectivity index (χ1) is 5.66. The molecule has 0 unspecified atom stereocenters. The minimum absolute atomic E-state index is 0.0589. The zero-order chi connectivity index (χ0) is 9.14. The van der Waals surface area contributed by atoms with Gasteiger partial charge in [-0.05, 0) is 27.6 Å². The fourth-order valence-electron chi connectivity index (χ4n) is 0.788. The summed E-state index contributed by atoms with van der Waals surface area (Å²) in [5.41, 5.74) is 0.611. The highest BCUT2D eigenvalue weighted by Gasteiger charge is 2.08. The normalized spacial score (nSPS) is 9.50. The minimum atomic E-state index is -0.510. The highest BCUT2D eigenvalue weighted by Crippen LogP contribution is 2.26. The molecular weight excluding hydrogens is 244 g/mol. The first-order valence-electron chi connectivity index (χ1n) is 3.16. The maximum absolute atomic E-state index is 13.0. The van der Waals surface area contributed by atoms with Crippen molar-refractivity contribution in [3.05, 3.63) is 33.0 Å². The van der Waals surface area contributed by atoms with Crippen molar-refractivity contribution in [2.75, 3.05) is 0 Å². The van der Waals surface area contributed by atoms with E-state index in [1.807, 2.05) is 6.07 Å². The Kier molecular flexibility index (Phi) is 3.07. The molecule has 1 nitrogen and oxygen atoms in total. The fourth-order valence-corrected chi connectivity index (χ4v) is 1.55. The second-order valence-electron chi connectivity index (χ2n) is 2.17. The van der Waals surface area contributed by atoms with Crippen LogP contribution in [0.3, 0.4) is 0 Å². The average molecular weight is 248 g/mol. The third-order valence-corrected chi connectivity index (χ3v) is 2.53. The van der Waals surface area contributed by atoms with E-state index < -0.39 is 5.82 Å². The van der Waals surface area contributed by atoms with Crippen LogP contribution >= 0.6 is 27.5 Å². The van der Waals surface area contributed by atoms with E-state index in [-0.39, 0.29) is 15.9 Å². The molecule has 0 heterocycles. The van der Waals surface area contributed by atoms with Gasteiger partial charge in [-0.25, -0.2) is 4.39 Å². The zero-order valence-electron chi connectivity index (χ0n) is 5.94. The summed E-state index contributed by atoms with van der Waals surface area (Å²) in [6.07, 6.45) is 0.175. The monoisotopic (exact) mass is 247 g/mol. The Balaban J connectivity index is 3.19. The number of hydrogen-bond acceptors (Lipinski definition) is 1. The number of benzene rings is 1. The topological polar surface area (TPSA) is 23.8 Å². The van der Waals surface area contributed by atoms with Gasteiger partial charge in [0.1, 0.15) is 0 Å². The van der Waals surface area contributed by atoms with Crippen molar-refractivity contribution >= 4 is 27.5 Å². The van der Waals surface area contributed by atoms with Crippen molar-refractivity contribution in [2.24, 2.45) is 0 Å². The molecule has 0 spiro atoms. The van der Waals surface area contributed by atoms with Crippen LogP contribution in [0.1, 0.15) is 5.56 Å². The highest BCUT2D eigenvalue weighted by atomic mass is 79.9. The van der Waals surface area contributed by atoms with Crippen LogP contribution < -0.4 is 0 Å². The zero-order valence-corrected chi connectivity index (χ0v) is 8.28. The number of rotatable bonds is 1. The second kappa shape index (κ2) is 3.88. The van der Waals surface area contributed by atoms with Gasteiger partial charge in [-0.15, -0.1) is 0 Å². The molecule has 0 aliphatic rings. The van der Waals surface area contributed by atoms with Gasteiger partial charge in [0.05, 0.1) is 22.0 Å². The summed E-state index contributed by atoms with van der Waals surface area (Å²) >= 11 is 8.52. The van der Waals surface area contributed by atoms with Crippen molar-refractivity contribution in [1.82, 2.24) is 0 Å². The third-order valence-electron chi connectivity index (χ3n) is 1.38. The van der Waals surface area contributed by atoms with Gasteiger partial charge in [-0.2, -0.15) is 5.26 Å². The number of nitriles is 1. The molecule has 0 saturated carbocycles. The first kappa shape index (κ1) is 9.50. The van der Waals surface area contributed by atoms with E-state index in [0.717, 1.165) is 0 Å². The van der Waals surface area contributed by atoms with Crippen LogP contribution in [-0.4, -0.2) is 0 Å². The number of hydrogen-bond donors (Lipinski definition) is 0. The molecular formula is C8H4BrClFN. The molecule has 0 bridgehead atoms. The van der Waals surface area contributed by atoms with Crippen molar-refractivity contribution in [1.29, 1.82) is 5.26 Å². The van der Waals surface area contributed by atoms with E-state index in [9.17, 15) is 4.39 Å². The molecule has 0 saturated heterocycles. The van der Waals surface area contributed by atoms with E-state index in [2.05, 4.69) is 15.9 Å². The second-order valence-corrected chi connectivity index (χ2v) is 3.37. The van der Waals surface area contributed by atoms with Crippen LogP contribution in [-0.2, 0) is 6.42 Å². The largest absolute Gasteiger partial charge is 0.204 e. The van der Waals surface area contributed by atoms with Crippen LogP contribution in [0, 0.1) is 17.1 Å². The van der Waals surface area contributed by atoms with Crippen LogP contribution in [0.2, 0.25) is 5.02 Å². The van der Waals surface area contributed by atoms with Gasteiger partial charge in [0.25, 0.3) is 0 Å². The molecule has 12 heavy (non-hydrogen) atoms. The van der Waals surface area contributed by atoms with Gasteiger partial charge in [-0.1, -0.05) is 17.7 Å². The molecule has 0 aliphatic heterocycles. The Morgan fingerprint density at radius 2 is 2.25 bits per heavy atom. The van der Waals surface area contributed by atoms with E-state index in [1.54, 1.807) is 6.07 Å². The minimum Gasteiger partial charge on any atom is -0.204 e. The summed E-state index contributed by atoms with van der Waals surface area (Å²) in [5.74, 6) is -0.510. The van der Waals surface area contributed by atoms with Crippen LogP contribution in [0.4, 0.5) is 4.39 Å². The Labute approximate surface area is 82.9 Å². The quantitative estimate of drug-likeness (QED) is 0.700. The van der Waals surface area contributed by atoms with Crippen LogP contribution in [0.5, 0.6) is 0 Å². The summed E-state index contributed by atoms with van der Waals surface area (Å²) in [6.45, 7) is 0. The molecule has 1 aromatic rings. The van der Waals surface area contributed by atoms with Crippen LogP contribution in [0.25, 0.3) is 0 Å². The molecule has 0 aromatic heterocycles. The van der Waals surface area contributed by atoms with Gasteiger partial charge < -0.3 is 0 Å². The molecule has 1 rings (SSSR count). The summed E-state index contributed by atoms with van der Waals surface area (Å²) in [6, 6.07) is 4.99. The molecule has 62 valence electrons. The van der Waals surface area contributed by atoms with Crippen molar-refractivity contribution in [2.45, 2.75) is 6.42 Å². The molecule has 0 fully saturated rings. The highest BCUT2D eigenvalue weighted by molar-refractivity contribution is 9.10. The molecule has 4 heteroatoms. The lowest BCUT2D eigenvalue weighted by Gasteiger charge is -2.01. The average Bonchev–Trinajstić information content (AvgIpc) is 2.07. The van der Waals surface area contributed by atoms with Gasteiger partial charge in [0, 0.05) is 0 Å². The predicted molar refractivity (Wildman–Crippen MR) is 48.4 cm³/mol. The summed E-state index contributed by atoms with van der Waals surface area (Å²) in [5, 5.41) is 8.44. The SMILES string of the molecule is N#CCc1ccc(Cl)c(F)c1Br. The predicted octanol–water partition coefficient (Wildman–Crippen LogP) is 3.31. The fraction of sp³-hybridized carbons (Fsp3) is 0.125. The van der Waals surface area contributed by atoms with Gasteiger partial charge in [0.15, 0.2) is 5.82 Å². The van der Waals surface area contributed by atoms with Crippen molar-refractivity contribution in [3.63, 3.8) is 0 Å². The van der Waals surface area contributed by atoms with Gasteiger partial charge >= 0.3 is 0 Å². The van der Waals surface area contributed by atoms with E-state index in [4.69, 9.17) is 16.9 Å². The van der Waals surface area contributed by atoms with Gasteiger partial charge in [-0.3, -0.25) is 0 Å². The lowest BCUT2D eigenvalue weighted by Crippen LogP contribution is -1.88. The maximum Gasteiger partial charge on any atom is 0.156 e. The molecule has 0 aliphatic carbocycles. The van der Waals surface area contributed by atoms with Gasteiger partial charge in [0.2, 0.25) is 0 Å². The Morgan fingerprint density at radius 1 is 1.58 bits per heavy atom. The standard InChI is InChI=1S/C8H4BrClFN/c9-7-5(3-4-12)1-2-6(10)8(7)11/h1-2H,3H2. The smallest absolute Gasteiger partial charge is 0.156 e. The van der Waals surface area contributed by atoms with Crippen LogP contribution in [0.15, 0.2) is 16.6 Å². The first-order valence-corrected chi connectivity index (χ1v) is 4.33. The van der Waals surface area contributed by atoms with E-state index in [1.165, 1.54) is 6.07 Å². The van der Waals surface area contributed by atoms with Crippen molar-refractivity contribution in [3.8, 4) is 6.07 Å². The lowest BCUT2D eigenvalue weighted by molar-refractivity contribution is 0.619. The summed E-state index contributed by atoms with van der Waals surface area (Å²) < 4.78 is 13.3.